The van der Waals surface area contributed by atoms with Crippen molar-refractivity contribution in [2.24, 2.45) is 5.73 Å². The first-order chi connectivity index (χ1) is 9.66. The Morgan fingerprint density at radius 1 is 1.30 bits per heavy atom. The first kappa shape index (κ1) is 13.9. The SMILES string of the molecule is CN1CCN(C)C(C(N)c2cccc3c2OCCC3)C1. The number of fused-ring (bicyclic) bond motifs is 1. The highest BCUT2D eigenvalue weighted by Crippen LogP contribution is 2.34. The van der Waals surface area contributed by atoms with Gasteiger partial charge in [-0.25, -0.2) is 0 Å². The summed E-state index contributed by atoms with van der Waals surface area (Å²) in [6.07, 6.45) is 2.22. The fraction of sp³-hybridized carbons (Fsp3) is 0.625. The van der Waals surface area contributed by atoms with Crippen LogP contribution in [0, 0.1) is 0 Å². The van der Waals surface area contributed by atoms with E-state index in [0.29, 0.717) is 6.04 Å². The number of aryl methyl sites for hydroxylation is 1. The van der Waals surface area contributed by atoms with Gasteiger partial charge in [-0.05, 0) is 32.5 Å². The summed E-state index contributed by atoms with van der Waals surface area (Å²) in [4.78, 5) is 4.74. The van der Waals surface area contributed by atoms with Crippen molar-refractivity contribution in [3.05, 3.63) is 29.3 Å². The smallest absolute Gasteiger partial charge is 0.127 e. The van der Waals surface area contributed by atoms with Gasteiger partial charge < -0.3 is 15.4 Å². The Morgan fingerprint density at radius 2 is 2.15 bits per heavy atom. The highest BCUT2D eigenvalue weighted by molar-refractivity contribution is 5.45. The molecule has 0 aliphatic carbocycles. The van der Waals surface area contributed by atoms with E-state index in [2.05, 4.69) is 42.1 Å². The standard InChI is InChI=1S/C16H25N3O/c1-18-8-9-19(2)14(11-18)15(17)13-7-3-5-12-6-4-10-20-16(12)13/h3,5,7,14-15H,4,6,8-11,17H2,1-2H3. The molecule has 20 heavy (non-hydrogen) atoms. The van der Waals surface area contributed by atoms with Crippen LogP contribution >= 0.6 is 0 Å². The number of piperazine rings is 1. The van der Waals surface area contributed by atoms with Gasteiger partial charge in [0.05, 0.1) is 12.6 Å². The Kier molecular flexibility index (Phi) is 3.96. The van der Waals surface area contributed by atoms with E-state index in [0.717, 1.165) is 44.8 Å². The van der Waals surface area contributed by atoms with Gasteiger partial charge in [0.2, 0.25) is 0 Å². The molecule has 2 aliphatic heterocycles. The van der Waals surface area contributed by atoms with E-state index in [1.165, 1.54) is 11.1 Å². The van der Waals surface area contributed by atoms with Crippen molar-refractivity contribution in [2.45, 2.75) is 24.9 Å². The van der Waals surface area contributed by atoms with Gasteiger partial charge in [0.25, 0.3) is 0 Å². The van der Waals surface area contributed by atoms with Crippen LogP contribution < -0.4 is 10.5 Å². The number of benzene rings is 1. The second-order valence-corrected chi connectivity index (χ2v) is 6.12. The van der Waals surface area contributed by atoms with E-state index in [-0.39, 0.29) is 6.04 Å². The van der Waals surface area contributed by atoms with Crippen molar-refractivity contribution < 1.29 is 4.74 Å². The Balaban J connectivity index is 1.88. The number of rotatable bonds is 2. The summed E-state index contributed by atoms with van der Waals surface area (Å²) in [6.45, 7) is 4.02. The van der Waals surface area contributed by atoms with Gasteiger partial charge in [-0.3, -0.25) is 4.90 Å². The number of nitrogens with two attached hydrogens (primary N) is 1. The maximum absolute atomic E-state index is 6.60. The van der Waals surface area contributed by atoms with Crippen LogP contribution in [0.15, 0.2) is 18.2 Å². The monoisotopic (exact) mass is 275 g/mol. The van der Waals surface area contributed by atoms with Gasteiger partial charge in [0.15, 0.2) is 0 Å². The first-order valence-corrected chi connectivity index (χ1v) is 7.56. The minimum absolute atomic E-state index is 0.0100. The molecule has 1 aromatic rings. The third-order valence-corrected chi connectivity index (χ3v) is 4.64. The second kappa shape index (κ2) is 5.72. The molecule has 0 aromatic heterocycles. The lowest BCUT2D eigenvalue weighted by atomic mass is 9.93. The maximum atomic E-state index is 6.60. The summed E-state index contributed by atoms with van der Waals surface area (Å²) in [6, 6.07) is 6.79. The first-order valence-electron chi connectivity index (χ1n) is 7.56. The summed E-state index contributed by atoms with van der Waals surface area (Å²) in [5.74, 6) is 1.05. The van der Waals surface area contributed by atoms with Crippen LogP contribution in [0.4, 0.5) is 0 Å². The number of nitrogens with zero attached hydrogens (tertiary/aromatic N) is 2. The van der Waals surface area contributed by atoms with Gasteiger partial charge in [-0.15, -0.1) is 0 Å². The molecule has 2 N–H and O–H groups in total. The number of hydrogen-bond acceptors (Lipinski definition) is 4. The molecule has 0 amide bonds. The molecule has 2 heterocycles. The molecule has 2 unspecified atom stereocenters. The molecule has 0 radical (unpaired) electrons. The Bertz CT molecular complexity index is 477. The van der Waals surface area contributed by atoms with Crippen molar-refractivity contribution in [2.75, 3.05) is 40.3 Å². The zero-order chi connectivity index (χ0) is 14.1. The summed E-state index contributed by atoms with van der Waals surface area (Å²) >= 11 is 0. The van der Waals surface area contributed by atoms with Crippen LogP contribution in [0.2, 0.25) is 0 Å². The van der Waals surface area contributed by atoms with Crippen molar-refractivity contribution >= 4 is 0 Å². The van der Waals surface area contributed by atoms with E-state index in [1.54, 1.807) is 0 Å². The van der Waals surface area contributed by atoms with Gasteiger partial charge in [-0.1, -0.05) is 18.2 Å². The zero-order valence-corrected chi connectivity index (χ0v) is 12.5. The molecule has 0 bridgehead atoms. The molecule has 2 atom stereocenters. The average molecular weight is 275 g/mol. The molecule has 1 aromatic carbocycles. The molecule has 110 valence electrons. The molecule has 1 fully saturated rings. The Hall–Kier alpha value is -1.10. The summed E-state index contributed by atoms with van der Waals surface area (Å²) in [5.41, 5.74) is 9.09. The van der Waals surface area contributed by atoms with E-state index in [4.69, 9.17) is 10.5 Å². The topological polar surface area (TPSA) is 41.7 Å². The number of ether oxygens (including phenoxy) is 1. The molecule has 1 saturated heterocycles. The Labute approximate surface area is 121 Å². The second-order valence-electron chi connectivity index (χ2n) is 6.12. The molecule has 2 aliphatic rings. The predicted octanol–water partition coefficient (Wildman–Crippen LogP) is 1.26. The average Bonchev–Trinajstić information content (AvgIpc) is 2.48. The van der Waals surface area contributed by atoms with Crippen LogP contribution in [-0.4, -0.2) is 56.2 Å². The minimum Gasteiger partial charge on any atom is -0.493 e. The third kappa shape index (κ3) is 2.55. The quantitative estimate of drug-likeness (QED) is 0.882. The molecule has 4 heteroatoms. The van der Waals surface area contributed by atoms with Gasteiger partial charge in [0.1, 0.15) is 5.75 Å². The van der Waals surface area contributed by atoms with Crippen LogP contribution in [0.5, 0.6) is 5.75 Å². The molecule has 3 rings (SSSR count). The number of para-hydroxylation sites is 1. The van der Waals surface area contributed by atoms with Gasteiger partial charge >= 0.3 is 0 Å². The van der Waals surface area contributed by atoms with Crippen molar-refractivity contribution in [1.29, 1.82) is 0 Å². The highest BCUT2D eigenvalue weighted by atomic mass is 16.5. The Morgan fingerprint density at radius 3 is 3.00 bits per heavy atom. The lowest BCUT2D eigenvalue weighted by Crippen LogP contribution is -2.54. The van der Waals surface area contributed by atoms with Crippen LogP contribution in [-0.2, 0) is 6.42 Å². The fourth-order valence-corrected chi connectivity index (χ4v) is 3.32. The summed E-state index contributed by atoms with van der Waals surface area (Å²) < 4.78 is 5.92. The van der Waals surface area contributed by atoms with E-state index < -0.39 is 0 Å². The molecule has 0 spiro atoms. The summed E-state index contributed by atoms with van der Waals surface area (Å²) in [7, 11) is 4.34. The predicted molar refractivity (Wildman–Crippen MR) is 81.1 cm³/mol. The van der Waals surface area contributed by atoms with E-state index in [9.17, 15) is 0 Å². The zero-order valence-electron chi connectivity index (χ0n) is 12.5. The maximum Gasteiger partial charge on any atom is 0.127 e. The lowest BCUT2D eigenvalue weighted by molar-refractivity contribution is 0.0963. The fourth-order valence-electron chi connectivity index (χ4n) is 3.32. The van der Waals surface area contributed by atoms with Gasteiger partial charge in [-0.2, -0.15) is 0 Å². The molecule has 0 saturated carbocycles. The van der Waals surface area contributed by atoms with Crippen LogP contribution in [0.3, 0.4) is 0 Å². The normalized spacial score (nSPS) is 25.9. The van der Waals surface area contributed by atoms with Crippen molar-refractivity contribution in [1.82, 2.24) is 9.80 Å². The van der Waals surface area contributed by atoms with Crippen LogP contribution in [0.25, 0.3) is 0 Å². The van der Waals surface area contributed by atoms with Gasteiger partial charge in [0, 0.05) is 31.2 Å². The molecule has 4 nitrogen and oxygen atoms in total. The molecular formula is C16H25N3O. The summed E-state index contributed by atoms with van der Waals surface area (Å²) in [5, 5.41) is 0. The van der Waals surface area contributed by atoms with Crippen molar-refractivity contribution in [3.63, 3.8) is 0 Å². The third-order valence-electron chi connectivity index (χ3n) is 4.64. The van der Waals surface area contributed by atoms with Crippen molar-refractivity contribution in [3.8, 4) is 5.75 Å². The number of hydrogen-bond donors (Lipinski definition) is 1. The minimum atomic E-state index is 0.0100. The lowest BCUT2D eigenvalue weighted by Gasteiger charge is -2.41. The number of likely N-dealkylation sites (N-methyl/N-ethyl adjacent to an activating group) is 2. The largest absolute Gasteiger partial charge is 0.493 e. The van der Waals surface area contributed by atoms with E-state index >= 15 is 0 Å². The van der Waals surface area contributed by atoms with Crippen LogP contribution in [0.1, 0.15) is 23.6 Å². The molecular weight excluding hydrogens is 250 g/mol. The highest BCUT2D eigenvalue weighted by Gasteiger charge is 2.31. The van der Waals surface area contributed by atoms with E-state index in [1.807, 2.05) is 0 Å².